The fraction of sp³-hybridized carbons (Fsp3) is 0.250. The monoisotopic (exact) mass is 396 g/mol. The number of sulfone groups is 1. The van der Waals surface area contributed by atoms with Gasteiger partial charge in [-0.05, 0) is 49.2 Å². The zero-order valence-electron chi connectivity index (χ0n) is 15.8. The Morgan fingerprint density at radius 2 is 1.93 bits per heavy atom. The maximum Gasteiger partial charge on any atom is 0.223 e. The normalized spacial score (nSPS) is 17.8. The molecule has 7 nitrogen and oxygen atoms in total. The van der Waals surface area contributed by atoms with E-state index in [9.17, 15) is 8.42 Å². The van der Waals surface area contributed by atoms with Crippen LogP contribution in [-0.4, -0.2) is 41.3 Å². The van der Waals surface area contributed by atoms with Crippen molar-refractivity contribution < 1.29 is 13.2 Å². The van der Waals surface area contributed by atoms with Crippen molar-refractivity contribution in [2.45, 2.75) is 19.9 Å². The van der Waals surface area contributed by atoms with Crippen molar-refractivity contribution >= 4 is 9.84 Å². The molecule has 0 N–H and O–H groups in total. The fourth-order valence-corrected chi connectivity index (χ4v) is 4.41. The van der Waals surface area contributed by atoms with Crippen molar-refractivity contribution in [2.75, 3.05) is 12.9 Å². The Hall–Kier alpha value is -3.00. The summed E-state index contributed by atoms with van der Waals surface area (Å²) < 4.78 is 30.3. The van der Waals surface area contributed by atoms with Crippen LogP contribution in [0.5, 0.6) is 5.88 Å². The highest BCUT2D eigenvalue weighted by atomic mass is 32.2. The number of aryl methyl sites for hydroxylation is 2. The summed E-state index contributed by atoms with van der Waals surface area (Å²) in [6.07, 6.45) is 3.33. The Labute approximate surface area is 163 Å². The molecule has 0 spiro atoms. The second-order valence-electron chi connectivity index (χ2n) is 6.86. The summed E-state index contributed by atoms with van der Waals surface area (Å²) in [4.78, 5) is 4.63. The van der Waals surface area contributed by atoms with Gasteiger partial charge in [-0.3, -0.25) is 0 Å². The van der Waals surface area contributed by atoms with Gasteiger partial charge in [-0.1, -0.05) is 17.3 Å². The number of allylic oxidation sites excluding steroid dienone is 1. The molecule has 2 aromatic heterocycles. The summed E-state index contributed by atoms with van der Waals surface area (Å²) in [7, 11) is -1.60. The van der Waals surface area contributed by atoms with Crippen molar-refractivity contribution in [2.24, 2.45) is 0 Å². The molecular formula is C20H20N4O3S. The van der Waals surface area contributed by atoms with Gasteiger partial charge < -0.3 is 4.74 Å². The zero-order chi connectivity index (χ0) is 19.9. The molecule has 0 fully saturated rings. The first kappa shape index (κ1) is 18.4. The zero-order valence-corrected chi connectivity index (χ0v) is 16.6. The summed E-state index contributed by atoms with van der Waals surface area (Å²) in [5, 5.41) is 9.49. The van der Waals surface area contributed by atoms with Gasteiger partial charge in [0.2, 0.25) is 5.88 Å². The quantitative estimate of drug-likeness (QED) is 0.673. The Bertz CT molecular complexity index is 1180. The number of aromatic nitrogens is 4. The van der Waals surface area contributed by atoms with Crippen molar-refractivity contribution in [3.05, 3.63) is 59.1 Å². The molecular weight excluding hydrogens is 376 g/mol. The standard InChI is InChI=1S/C20H20N4O3S/c1-13-4-5-15(10-14(13)2)18-7-6-17(20(21-18)27-3)19-11-24(23-22-19)16-8-9-28(25,26)12-16/h4-11,16H,12H2,1-3H3. The predicted octanol–water partition coefficient (Wildman–Crippen LogP) is 3.12. The highest BCUT2D eigenvalue weighted by Gasteiger charge is 2.25. The van der Waals surface area contributed by atoms with Crippen LogP contribution >= 0.6 is 0 Å². The minimum atomic E-state index is -3.16. The highest BCUT2D eigenvalue weighted by molar-refractivity contribution is 7.94. The van der Waals surface area contributed by atoms with Crippen LogP contribution in [0.25, 0.3) is 22.5 Å². The second kappa shape index (κ2) is 6.87. The van der Waals surface area contributed by atoms with Gasteiger partial charge >= 0.3 is 0 Å². The van der Waals surface area contributed by atoms with Gasteiger partial charge in [0.15, 0.2) is 9.84 Å². The van der Waals surface area contributed by atoms with Crippen LogP contribution in [-0.2, 0) is 9.84 Å². The summed E-state index contributed by atoms with van der Waals surface area (Å²) in [5.74, 6) is 0.439. The molecule has 3 aromatic rings. The molecule has 144 valence electrons. The van der Waals surface area contributed by atoms with Gasteiger partial charge in [0.1, 0.15) is 5.69 Å². The molecule has 28 heavy (non-hydrogen) atoms. The van der Waals surface area contributed by atoms with E-state index in [-0.39, 0.29) is 11.8 Å². The van der Waals surface area contributed by atoms with Crippen molar-refractivity contribution in [1.82, 2.24) is 20.0 Å². The molecule has 0 aliphatic carbocycles. The van der Waals surface area contributed by atoms with Crippen LogP contribution in [0, 0.1) is 13.8 Å². The summed E-state index contributed by atoms with van der Waals surface area (Å²) >= 11 is 0. The number of hydrogen-bond acceptors (Lipinski definition) is 6. The number of methoxy groups -OCH3 is 1. The summed E-state index contributed by atoms with van der Waals surface area (Å²) in [6.45, 7) is 4.14. The smallest absolute Gasteiger partial charge is 0.223 e. The van der Waals surface area contributed by atoms with Crippen molar-refractivity contribution in [3.63, 3.8) is 0 Å². The minimum absolute atomic E-state index is 0.00308. The molecule has 0 saturated heterocycles. The SMILES string of the molecule is COc1nc(-c2ccc(C)c(C)c2)ccc1-c1cn(C2C=CS(=O)(=O)C2)nn1. The Kier molecular flexibility index (Phi) is 4.50. The number of hydrogen-bond donors (Lipinski definition) is 0. The van der Waals surface area contributed by atoms with Gasteiger partial charge in [0.25, 0.3) is 0 Å². The highest BCUT2D eigenvalue weighted by Crippen LogP contribution is 2.31. The number of nitrogens with zero attached hydrogens (tertiary/aromatic N) is 4. The molecule has 1 atom stereocenters. The first-order valence-electron chi connectivity index (χ1n) is 8.82. The van der Waals surface area contributed by atoms with E-state index in [1.807, 2.05) is 18.2 Å². The van der Waals surface area contributed by atoms with Crippen molar-refractivity contribution in [1.29, 1.82) is 0 Å². The molecule has 0 amide bonds. The lowest BCUT2D eigenvalue weighted by atomic mass is 10.0. The number of ether oxygens (including phenoxy) is 1. The largest absolute Gasteiger partial charge is 0.480 e. The second-order valence-corrected chi connectivity index (χ2v) is 8.79. The lowest BCUT2D eigenvalue weighted by Gasteiger charge is -2.09. The molecule has 1 aliphatic rings. The van der Waals surface area contributed by atoms with Gasteiger partial charge in [0.05, 0.1) is 36.4 Å². The van der Waals surface area contributed by atoms with Gasteiger partial charge in [0, 0.05) is 11.0 Å². The molecule has 0 radical (unpaired) electrons. The van der Waals surface area contributed by atoms with Crippen LogP contribution in [0.15, 0.2) is 48.0 Å². The number of rotatable bonds is 4. The molecule has 8 heteroatoms. The molecule has 1 aliphatic heterocycles. The van der Waals surface area contributed by atoms with E-state index < -0.39 is 9.84 Å². The van der Waals surface area contributed by atoms with Crippen LogP contribution in [0.4, 0.5) is 0 Å². The molecule has 4 rings (SSSR count). The van der Waals surface area contributed by atoms with E-state index in [0.29, 0.717) is 17.1 Å². The summed E-state index contributed by atoms with van der Waals surface area (Å²) in [5.41, 5.74) is 5.52. The van der Waals surface area contributed by atoms with Crippen LogP contribution < -0.4 is 4.74 Å². The Balaban J connectivity index is 1.67. The summed E-state index contributed by atoms with van der Waals surface area (Å²) in [6, 6.07) is 9.67. The number of benzene rings is 1. The van der Waals surface area contributed by atoms with E-state index in [1.165, 1.54) is 16.5 Å². The molecule has 0 saturated carbocycles. The lowest BCUT2D eigenvalue weighted by Crippen LogP contribution is -2.12. The molecule has 1 aromatic carbocycles. The number of pyridine rings is 1. The average molecular weight is 396 g/mol. The average Bonchev–Trinajstić information content (AvgIpc) is 3.30. The van der Waals surface area contributed by atoms with Crippen LogP contribution in [0.1, 0.15) is 17.2 Å². The third-order valence-corrected chi connectivity index (χ3v) is 6.27. The predicted molar refractivity (Wildman–Crippen MR) is 107 cm³/mol. The van der Waals surface area contributed by atoms with Crippen LogP contribution in [0.3, 0.4) is 0 Å². The van der Waals surface area contributed by atoms with Gasteiger partial charge in [-0.2, -0.15) is 0 Å². The molecule has 3 heterocycles. The maximum atomic E-state index is 11.6. The van der Waals surface area contributed by atoms with Crippen LogP contribution in [0.2, 0.25) is 0 Å². The lowest BCUT2D eigenvalue weighted by molar-refractivity contribution is 0.400. The Morgan fingerprint density at radius 3 is 2.61 bits per heavy atom. The first-order valence-corrected chi connectivity index (χ1v) is 10.5. The molecule has 0 bridgehead atoms. The fourth-order valence-electron chi connectivity index (χ4n) is 3.14. The maximum absolute atomic E-state index is 11.6. The first-order chi connectivity index (χ1) is 13.4. The minimum Gasteiger partial charge on any atom is -0.480 e. The van der Waals surface area contributed by atoms with Crippen molar-refractivity contribution in [3.8, 4) is 28.4 Å². The van der Waals surface area contributed by atoms with E-state index in [1.54, 1.807) is 24.1 Å². The Morgan fingerprint density at radius 1 is 1.11 bits per heavy atom. The van der Waals surface area contributed by atoms with Gasteiger partial charge in [-0.15, -0.1) is 5.10 Å². The third kappa shape index (κ3) is 3.43. The van der Waals surface area contributed by atoms with Gasteiger partial charge in [-0.25, -0.2) is 18.1 Å². The molecule has 1 unspecified atom stereocenters. The third-order valence-electron chi connectivity index (χ3n) is 4.89. The van der Waals surface area contributed by atoms with E-state index in [2.05, 4.69) is 41.3 Å². The van der Waals surface area contributed by atoms with E-state index >= 15 is 0 Å². The van der Waals surface area contributed by atoms with E-state index in [0.717, 1.165) is 11.3 Å². The topological polar surface area (TPSA) is 87.0 Å². The van der Waals surface area contributed by atoms with E-state index in [4.69, 9.17) is 4.74 Å².